The van der Waals surface area contributed by atoms with Gasteiger partial charge < -0.3 is 15.8 Å². The van der Waals surface area contributed by atoms with Crippen molar-refractivity contribution in [3.8, 4) is 5.75 Å². The molecule has 1 saturated heterocycles. The van der Waals surface area contributed by atoms with Gasteiger partial charge in [0.1, 0.15) is 6.61 Å². The normalized spacial score (nSPS) is 19.5. The maximum absolute atomic E-state index is 13.3. The van der Waals surface area contributed by atoms with Gasteiger partial charge in [-0.1, -0.05) is 12.1 Å². The predicted octanol–water partition coefficient (Wildman–Crippen LogP) is 0.627. The van der Waals surface area contributed by atoms with Gasteiger partial charge in [-0.05, 0) is 25.0 Å². The van der Waals surface area contributed by atoms with E-state index in [4.69, 9.17) is 10.5 Å². The zero-order chi connectivity index (χ0) is 14.5. The van der Waals surface area contributed by atoms with E-state index in [9.17, 15) is 14.0 Å². The topological polar surface area (TPSA) is 81.4 Å². The number of nitrogens with one attached hydrogen (secondary N) is 1. The van der Waals surface area contributed by atoms with Crippen LogP contribution in [0.2, 0.25) is 0 Å². The predicted molar refractivity (Wildman–Crippen MR) is 70.6 cm³/mol. The van der Waals surface area contributed by atoms with Gasteiger partial charge in [-0.2, -0.15) is 0 Å². The first-order chi connectivity index (χ1) is 9.58. The molecule has 1 heterocycles. The lowest BCUT2D eigenvalue weighted by atomic mass is 9.97. The minimum Gasteiger partial charge on any atom is -0.483 e. The Morgan fingerprint density at radius 3 is 2.90 bits per heavy atom. The van der Waals surface area contributed by atoms with Crippen molar-refractivity contribution in [1.82, 2.24) is 5.32 Å². The highest BCUT2D eigenvalue weighted by Gasteiger charge is 2.28. The van der Waals surface area contributed by atoms with Crippen LogP contribution in [0.1, 0.15) is 12.8 Å². The van der Waals surface area contributed by atoms with Crippen LogP contribution in [0.5, 0.6) is 5.75 Å². The Balaban J connectivity index is 1.82. The van der Waals surface area contributed by atoms with Crippen LogP contribution < -0.4 is 15.8 Å². The summed E-state index contributed by atoms with van der Waals surface area (Å²) in [5.74, 6) is -1.13. The maximum atomic E-state index is 13.3. The molecule has 0 aromatic heterocycles. The Morgan fingerprint density at radius 2 is 2.25 bits per heavy atom. The van der Waals surface area contributed by atoms with Crippen molar-refractivity contribution in [2.75, 3.05) is 13.2 Å². The molecule has 1 aliphatic rings. The van der Waals surface area contributed by atoms with E-state index in [2.05, 4.69) is 5.32 Å². The monoisotopic (exact) mass is 280 g/mol. The lowest BCUT2D eigenvalue weighted by Crippen LogP contribution is -2.37. The highest BCUT2D eigenvalue weighted by molar-refractivity contribution is 5.87. The number of rotatable bonds is 6. The molecule has 1 aromatic rings. The number of amides is 1. The molecule has 3 N–H and O–H groups in total. The molecule has 5 nitrogen and oxygen atoms in total. The van der Waals surface area contributed by atoms with Crippen molar-refractivity contribution >= 4 is 11.7 Å². The first kappa shape index (κ1) is 14.5. The van der Waals surface area contributed by atoms with Crippen molar-refractivity contribution in [2.45, 2.75) is 18.9 Å². The molecule has 0 radical (unpaired) electrons. The number of ether oxygens (including phenoxy) is 1. The minimum absolute atomic E-state index is 0.0201. The van der Waals surface area contributed by atoms with E-state index in [0.29, 0.717) is 19.4 Å². The van der Waals surface area contributed by atoms with E-state index in [1.807, 2.05) is 0 Å². The quantitative estimate of drug-likeness (QED) is 0.800. The number of carbonyl (C=O) groups is 2. The Labute approximate surface area is 116 Å². The third-order valence-electron chi connectivity index (χ3n) is 3.32. The highest BCUT2D eigenvalue weighted by Crippen LogP contribution is 2.17. The van der Waals surface area contributed by atoms with Crippen molar-refractivity contribution < 1.29 is 18.7 Å². The van der Waals surface area contributed by atoms with Crippen molar-refractivity contribution in [1.29, 1.82) is 0 Å². The number of hydrogen-bond acceptors (Lipinski definition) is 4. The molecular formula is C14H17FN2O3. The summed E-state index contributed by atoms with van der Waals surface area (Å²) in [6.07, 6.45) is 0.985. The van der Waals surface area contributed by atoms with Crippen molar-refractivity contribution in [2.24, 2.45) is 11.7 Å². The third-order valence-corrected chi connectivity index (χ3v) is 3.32. The SMILES string of the molecule is N[C@@H](C[C@@H]1CCNC1=O)C(=O)COc1ccccc1F. The van der Waals surface area contributed by atoms with Crippen LogP contribution in [-0.4, -0.2) is 30.9 Å². The second kappa shape index (κ2) is 6.47. The van der Waals surface area contributed by atoms with Gasteiger partial charge in [-0.15, -0.1) is 0 Å². The fourth-order valence-electron chi connectivity index (χ4n) is 2.13. The summed E-state index contributed by atoms with van der Waals surface area (Å²) in [6, 6.07) is 5.08. The van der Waals surface area contributed by atoms with E-state index >= 15 is 0 Å². The zero-order valence-corrected chi connectivity index (χ0v) is 11.0. The fourth-order valence-corrected chi connectivity index (χ4v) is 2.13. The molecule has 0 spiro atoms. The van der Waals surface area contributed by atoms with Crippen molar-refractivity contribution in [3.63, 3.8) is 0 Å². The Hall–Kier alpha value is -1.95. The number of halogens is 1. The van der Waals surface area contributed by atoms with Gasteiger partial charge in [-0.3, -0.25) is 9.59 Å². The number of hydrogen-bond donors (Lipinski definition) is 2. The number of para-hydroxylation sites is 1. The van der Waals surface area contributed by atoms with E-state index in [1.165, 1.54) is 18.2 Å². The second-order valence-electron chi connectivity index (χ2n) is 4.80. The highest BCUT2D eigenvalue weighted by atomic mass is 19.1. The van der Waals surface area contributed by atoms with Gasteiger partial charge in [0, 0.05) is 12.5 Å². The van der Waals surface area contributed by atoms with Gasteiger partial charge in [0.2, 0.25) is 5.91 Å². The summed E-state index contributed by atoms with van der Waals surface area (Å²) >= 11 is 0. The molecule has 1 aliphatic heterocycles. The zero-order valence-electron chi connectivity index (χ0n) is 11.0. The Morgan fingerprint density at radius 1 is 1.50 bits per heavy atom. The molecule has 1 aromatic carbocycles. The summed E-state index contributed by atoms with van der Waals surface area (Å²) in [5, 5.41) is 2.69. The molecule has 2 rings (SSSR count). The van der Waals surface area contributed by atoms with Gasteiger partial charge >= 0.3 is 0 Å². The van der Waals surface area contributed by atoms with E-state index < -0.39 is 11.9 Å². The van der Waals surface area contributed by atoms with E-state index in [0.717, 1.165) is 0 Å². The lowest BCUT2D eigenvalue weighted by molar-refractivity contribution is -0.124. The van der Waals surface area contributed by atoms with Gasteiger partial charge in [0.15, 0.2) is 17.3 Å². The van der Waals surface area contributed by atoms with Crippen LogP contribution in [0.25, 0.3) is 0 Å². The standard InChI is InChI=1S/C14H17FN2O3/c15-10-3-1-2-4-13(10)20-8-12(18)11(16)7-9-5-6-17-14(9)19/h1-4,9,11H,5-8,16H2,(H,17,19)/t9-,11-/m0/s1. The number of nitrogens with two attached hydrogens (primary N) is 1. The summed E-state index contributed by atoms with van der Waals surface area (Å²) in [4.78, 5) is 23.2. The summed E-state index contributed by atoms with van der Waals surface area (Å²) < 4.78 is 18.4. The number of Topliss-reactive ketones (excluding diaryl/α,β-unsaturated/α-hetero) is 1. The largest absolute Gasteiger partial charge is 0.483 e. The molecule has 6 heteroatoms. The Kier molecular flexibility index (Phi) is 4.68. The van der Waals surface area contributed by atoms with Crippen LogP contribution in [0.4, 0.5) is 4.39 Å². The smallest absolute Gasteiger partial charge is 0.223 e. The Bertz CT molecular complexity index is 507. The third kappa shape index (κ3) is 3.54. The van der Waals surface area contributed by atoms with Gasteiger partial charge in [-0.25, -0.2) is 4.39 Å². The summed E-state index contributed by atoms with van der Waals surface area (Å²) in [7, 11) is 0. The fraction of sp³-hybridized carbons (Fsp3) is 0.429. The molecule has 20 heavy (non-hydrogen) atoms. The van der Waals surface area contributed by atoms with Crippen LogP contribution in [0.15, 0.2) is 24.3 Å². The molecule has 0 unspecified atom stereocenters. The average molecular weight is 280 g/mol. The number of benzene rings is 1. The molecule has 2 atom stereocenters. The number of ketones is 1. The minimum atomic E-state index is -0.768. The van der Waals surface area contributed by atoms with E-state index in [1.54, 1.807) is 6.07 Å². The first-order valence-corrected chi connectivity index (χ1v) is 6.51. The lowest BCUT2D eigenvalue weighted by Gasteiger charge is -2.14. The molecule has 0 bridgehead atoms. The second-order valence-corrected chi connectivity index (χ2v) is 4.80. The van der Waals surface area contributed by atoms with Crippen molar-refractivity contribution in [3.05, 3.63) is 30.1 Å². The van der Waals surface area contributed by atoms with Crippen LogP contribution in [0, 0.1) is 11.7 Å². The molecule has 0 aliphatic carbocycles. The van der Waals surface area contributed by atoms with Crippen LogP contribution >= 0.6 is 0 Å². The van der Waals surface area contributed by atoms with Crippen LogP contribution in [-0.2, 0) is 9.59 Å². The average Bonchev–Trinajstić information content (AvgIpc) is 2.83. The van der Waals surface area contributed by atoms with Gasteiger partial charge in [0.25, 0.3) is 0 Å². The first-order valence-electron chi connectivity index (χ1n) is 6.51. The summed E-state index contributed by atoms with van der Waals surface area (Å²) in [6.45, 7) is 0.326. The molecular weight excluding hydrogens is 263 g/mol. The molecule has 108 valence electrons. The number of carbonyl (C=O) groups excluding carboxylic acids is 2. The maximum Gasteiger partial charge on any atom is 0.223 e. The molecule has 0 saturated carbocycles. The van der Waals surface area contributed by atoms with E-state index in [-0.39, 0.29) is 30.0 Å². The van der Waals surface area contributed by atoms with Crippen LogP contribution in [0.3, 0.4) is 0 Å². The molecule has 1 fully saturated rings. The molecule has 1 amide bonds. The summed E-state index contributed by atoms with van der Waals surface area (Å²) in [5.41, 5.74) is 5.76. The van der Waals surface area contributed by atoms with Gasteiger partial charge in [0.05, 0.1) is 6.04 Å².